The van der Waals surface area contributed by atoms with Crippen LogP contribution in [0.4, 0.5) is 0 Å². The number of hydrogen-bond donors (Lipinski definition) is 1. The van der Waals surface area contributed by atoms with E-state index in [1.54, 1.807) is 11.0 Å². The summed E-state index contributed by atoms with van der Waals surface area (Å²) in [5.74, 6) is 1.72. The quantitative estimate of drug-likeness (QED) is 0.853. The lowest BCUT2D eigenvalue weighted by Gasteiger charge is -2.22. The molecule has 1 aliphatic carbocycles. The van der Waals surface area contributed by atoms with Gasteiger partial charge in [-0.25, -0.2) is 4.98 Å². The van der Waals surface area contributed by atoms with Gasteiger partial charge in [0.1, 0.15) is 12.2 Å². The summed E-state index contributed by atoms with van der Waals surface area (Å²) in [5.41, 5.74) is 0. The first kappa shape index (κ1) is 12.6. The first-order valence-electron chi connectivity index (χ1n) is 6.76. The standard InChI is InChI=1S/C13H23N3O/c1-16-13(14-10-15-16)9-12(17)8-7-11-5-3-2-4-6-11/h10-12,17H,2-9H2,1H3. The summed E-state index contributed by atoms with van der Waals surface area (Å²) < 4.78 is 1.74. The predicted octanol–water partition coefficient (Wildman–Crippen LogP) is 2.08. The van der Waals surface area contributed by atoms with Crippen LogP contribution < -0.4 is 0 Å². The Kier molecular flexibility index (Phi) is 4.54. The lowest BCUT2D eigenvalue weighted by molar-refractivity contribution is 0.146. The number of aromatic nitrogens is 3. The summed E-state index contributed by atoms with van der Waals surface area (Å²) in [6, 6.07) is 0. The Balaban J connectivity index is 1.70. The molecule has 1 heterocycles. The third-order valence-corrected chi connectivity index (χ3v) is 3.86. The molecule has 0 aliphatic heterocycles. The lowest BCUT2D eigenvalue weighted by Crippen LogP contribution is -2.16. The van der Waals surface area contributed by atoms with Crippen LogP contribution in [0, 0.1) is 5.92 Å². The normalized spacial score (nSPS) is 19.4. The summed E-state index contributed by atoms with van der Waals surface area (Å²) in [7, 11) is 1.87. The van der Waals surface area contributed by atoms with Crippen molar-refractivity contribution in [2.75, 3.05) is 0 Å². The average Bonchev–Trinajstić information content (AvgIpc) is 2.74. The number of aryl methyl sites for hydroxylation is 1. The fourth-order valence-electron chi connectivity index (χ4n) is 2.72. The van der Waals surface area contributed by atoms with Crippen molar-refractivity contribution in [2.24, 2.45) is 13.0 Å². The third-order valence-electron chi connectivity index (χ3n) is 3.86. The zero-order chi connectivity index (χ0) is 12.1. The summed E-state index contributed by atoms with van der Waals surface area (Å²) in [6.07, 6.45) is 10.8. The van der Waals surface area contributed by atoms with Gasteiger partial charge in [-0.15, -0.1) is 0 Å². The molecule has 0 saturated heterocycles. The number of nitrogens with zero attached hydrogens (tertiary/aromatic N) is 3. The van der Waals surface area contributed by atoms with Crippen LogP contribution in [-0.2, 0) is 13.5 Å². The van der Waals surface area contributed by atoms with E-state index in [0.717, 1.165) is 18.2 Å². The van der Waals surface area contributed by atoms with E-state index in [0.29, 0.717) is 6.42 Å². The molecule has 2 rings (SSSR count). The summed E-state index contributed by atoms with van der Waals surface area (Å²) in [6.45, 7) is 0. The molecule has 4 heteroatoms. The molecule has 1 unspecified atom stereocenters. The van der Waals surface area contributed by atoms with E-state index >= 15 is 0 Å². The Bertz CT molecular complexity index is 331. The van der Waals surface area contributed by atoms with Crippen LogP contribution in [0.15, 0.2) is 6.33 Å². The van der Waals surface area contributed by atoms with Gasteiger partial charge in [0.25, 0.3) is 0 Å². The fraction of sp³-hybridized carbons (Fsp3) is 0.846. The summed E-state index contributed by atoms with van der Waals surface area (Å²) in [4.78, 5) is 4.14. The first-order valence-corrected chi connectivity index (χ1v) is 6.76. The van der Waals surface area contributed by atoms with Crippen LogP contribution in [0.25, 0.3) is 0 Å². The molecule has 1 fully saturated rings. The van der Waals surface area contributed by atoms with Crippen molar-refractivity contribution < 1.29 is 5.11 Å². The number of rotatable bonds is 5. The maximum absolute atomic E-state index is 9.99. The maximum atomic E-state index is 9.99. The zero-order valence-corrected chi connectivity index (χ0v) is 10.7. The summed E-state index contributed by atoms with van der Waals surface area (Å²) >= 11 is 0. The van der Waals surface area contributed by atoms with Gasteiger partial charge < -0.3 is 5.11 Å². The van der Waals surface area contributed by atoms with Crippen molar-refractivity contribution in [3.63, 3.8) is 0 Å². The van der Waals surface area contributed by atoms with Gasteiger partial charge in [0.05, 0.1) is 6.10 Å². The second kappa shape index (κ2) is 6.15. The van der Waals surface area contributed by atoms with Gasteiger partial charge in [-0.1, -0.05) is 32.1 Å². The van der Waals surface area contributed by atoms with E-state index < -0.39 is 0 Å². The minimum absolute atomic E-state index is 0.264. The van der Waals surface area contributed by atoms with Crippen molar-refractivity contribution in [1.82, 2.24) is 14.8 Å². The molecular weight excluding hydrogens is 214 g/mol. The summed E-state index contributed by atoms with van der Waals surface area (Å²) in [5, 5.41) is 14.0. The van der Waals surface area contributed by atoms with Gasteiger partial charge in [-0.05, 0) is 18.8 Å². The third kappa shape index (κ3) is 3.80. The van der Waals surface area contributed by atoms with E-state index in [9.17, 15) is 5.11 Å². The first-order chi connectivity index (χ1) is 8.25. The Morgan fingerprint density at radius 2 is 2.18 bits per heavy atom. The highest BCUT2D eigenvalue weighted by molar-refractivity contribution is 4.86. The van der Waals surface area contributed by atoms with Gasteiger partial charge in [-0.2, -0.15) is 5.10 Å². The molecule has 0 aromatic carbocycles. The lowest BCUT2D eigenvalue weighted by atomic mass is 9.85. The van der Waals surface area contributed by atoms with Crippen LogP contribution in [0.1, 0.15) is 50.8 Å². The van der Waals surface area contributed by atoms with E-state index in [4.69, 9.17) is 0 Å². The van der Waals surface area contributed by atoms with Crippen molar-refractivity contribution in [2.45, 2.75) is 57.5 Å². The smallest absolute Gasteiger partial charge is 0.138 e. The van der Waals surface area contributed by atoms with Crippen molar-refractivity contribution >= 4 is 0 Å². The molecule has 1 aromatic heterocycles. The Morgan fingerprint density at radius 3 is 2.82 bits per heavy atom. The monoisotopic (exact) mass is 237 g/mol. The molecule has 17 heavy (non-hydrogen) atoms. The predicted molar refractivity (Wildman–Crippen MR) is 66.5 cm³/mol. The van der Waals surface area contributed by atoms with Crippen molar-refractivity contribution in [1.29, 1.82) is 0 Å². The van der Waals surface area contributed by atoms with Gasteiger partial charge >= 0.3 is 0 Å². The largest absolute Gasteiger partial charge is 0.393 e. The number of hydrogen-bond acceptors (Lipinski definition) is 3. The molecule has 0 bridgehead atoms. The molecular formula is C13H23N3O. The molecule has 0 amide bonds. The minimum Gasteiger partial charge on any atom is -0.393 e. The van der Waals surface area contributed by atoms with Crippen LogP contribution >= 0.6 is 0 Å². The molecule has 1 aliphatic rings. The van der Waals surface area contributed by atoms with Crippen molar-refractivity contribution in [3.8, 4) is 0 Å². The highest BCUT2D eigenvalue weighted by atomic mass is 16.3. The van der Waals surface area contributed by atoms with E-state index in [1.807, 2.05) is 7.05 Å². The topological polar surface area (TPSA) is 50.9 Å². The molecule has 0 radical (unpaired) electrons. The molecule has 1 N–H and O–H groups in total. The van der Waals surface area contributed by atoms with Crippen molar-refractivity contribution in [3.05, 3.63) is 12.2 Å². The van der Waals surface area contributed by atoms with Crippen LogP contribution in [-0.4, -0.2) is 26.0 Å². The maximum Gasteiger partial charge on any atom is 0.138 e. The van der Waals surface area contributed by atoms with Gasteiger partial charge in [0, 0.05) is 13.5 Å². The second-order valence-corrected chi connectivity index (χ2v) is 5.24. The second-order valence-electron chi connectivity index (χ2n) is 5.24. The Morgan fingerprint density at radius 1 is 1.41 bits per heavy atom. The van der Waals surface area contributed by atoms with E-state index in [1.165, 1.54) is 38.5 Å². The molecule has 0 spiro atoms. The Hall–Kier alpha value is -0.900. The number of aliphatic hydroxyl groups is 1. The molecule has 1 atom stereocenters. The van der Waals surface area contributed by atoms with Crippen LogP contribution in [0.3, 0.4) is 0 Å². The average molecular weight is 237 g/mol. The van der Waals surface area contributed by atoms with Gasteiger partial charge in [-0.3, -0.25) is 4.68 Å². The van der Waals surface area contributed by atoms with Crippen LogP contribution in [0.2, 0.25) is 0 Å². The van der Waals surface area contributed by atoms with E-state index in [2.05, 4.69) is 10.1 Å². The number of aliphatic hydroxyl groups excluding tert-OH is 1. The molecule has 4 nitrogen and oxygen atoms in total. The minimum atomic E-state index is -0.264. The zero-order valence-electron chi connectivity index (χ0n) is 10.7. The fourth-order valence-corrected chi connectivity index (χ4v) is 2.72. The highest BCUT2D eigenvalue weighted by Gasteiger charge is 2.16. The van der Waals surface area contributed by atoms with Gasteiger partial charge in [0.2, 0.25) is 0 Å². The molecule has 96 valence electrons. The van der Waals surface area contributed by atoms with Gasteiger partial charge in [0.15, 0.2) is 0 Å². The Labute approximate surface area is 103 Å². The van der Waals surface area contributed by atoms with E-state index in [-0.39, 0.29) is 6.10 Å². The van der Waals surface area contributed by atoms with Crippen LogP contribution in [0.5, 0.6) is 0 Å². The molecule has 1 aromatic rings. The SMILES string of the molecule is Cn1ncnc1CC(O)CCC1CCCCC1. The highest BCUT2D eigenvalue weighted by Crippen LogP contribution is 2.27. The molecule has 1 saturated carbocycles.